The Bertz CT molecular complexity index is 845. The van der Waals surface area contributed by atoms with Crippen LogP contribution in [0.4, 0.5) is 17.2 Å². The van der Waals surface area contributed by atoms with Gasteiger partial charge >= 0.3 is 0 Å². The molecule has 0 unspecified atom stereocenters. The highest BCUT2D eigenvalue weighted by Crippen LogP contribution is 2.19. The summed E-state index contributed by atoms with van der Waals surface area (Å²) < 4.78 is 1.02. The number of rotatable bonds is 4. The SMILES string of the molecule is Cc1ccccc1C(=O)Nc1ccc(Nc2ccc(Br)cc2)nc1. The number of hydrogen-bond acceptors (Lipinski definition) is 3. The number of nitrogens with zero attached hydrogens (tertiary/aromatic N) is 1. The van der Waals surface area contributed by atoms with Gasteiger partial charge in [-0.3, -0.25) is 4.79 Å². The van der Waals surface area contributed by atoms with Crippen molar-refractivity contribution in [2.75, 3.05) is 10.6 Å². The molecule has 2 N–H and O–H groups in total. The summed E-state index contributed by atoms with van der Waals surface area (Å²) in [6, 6.07) is 19.0. The summed E-state index contributed by atoms with van der Waals surface area (Å²) in [5.74, 6) is 0.578. The van der Waals surface area contributed by atoms with Gasteiger partial charge in [0.25, 0.3) is 5.91 Å². The number of aryl methyl sites for hydroxylation is 1. The van der Waals surface area contributed by atoms with Gasteiger partial charge in [-0.15, -0.1) is 0 Å². The average molecular weight is 382 g/mol. The molecule has 2 aromatic carbocycles. The fourth-order valence-electron chi connectivity index (χ4n) is 2.25. The number of pyridine rings is 1. The van der Waals surface area contributed by atoms with E-state index in [1.807, 2.05) is 67.6 Å². The molecule has 1 aromatic heterocycles. The number of nitrogens with one attached hydrogen (secondary N) is 2. The van der Waals surface area contributed by atoms with Crippen LogP contribution in [0, 0.1) is 6.92 Å². The van der Waals surface area contributed by atoms with Crippen LogP contribution in [-0.4, -0.2) is 10.9 Å². The van der Waals surface area contributed by atoms with E-state index in [1.165, 1.54) is 0 Å². The van der Waals surface area contributed by atoms with Gasteiger partial charge < -0.3 is 10.6 Å². The number of amides is 1. The minimum Gasteiger partial charge on any atom is -0.340 e. The highest BCUT2D eigenvalue weighted by molar-refractivity contribution is 9.10. The Kier molecular flexibility index (Phi) is 4.91. The number of aromatic nitrogens is 1. The number of hydrogen-bond donors (Lipinski definition) is 2. The molecular weight excluding hydrogens is 366 g/mol. The predicted octanol–water partition coefficient (Wildman–Crippen LogP) is 5.15. The molecule has 120 valence electrons. The zero-order chi connectivity index (χ0) is 16.9. The van der Waals surface area contributed by atoms with Gasteiger partial charge in [0, 0.05) is 15.7 Å². The van der Waals surface area contributed by atoms with Gasteiger partial charge in [0.05, 0.1) is 11.9 Å². The molecule has 0 saturated heterocycles. The van der Waals surface area contributed by atoms with E-state index in [1.54, 1.807) is 6.20 Å². The molecule has 0 fully saturated rings. The quantitative estimate of drug-likeness (QED) is 0.656. The Hall–Kier alpha value is -2.66. The van der Waals surface area contributed by atoms with Crippen molar-refractivity contribution in [2.24, 2.45) is 0 Å². The molecule has 4 nitrogen and oxygen atoms in total. The molecule has 3 aromatic rings. The van der Waals surface area contributed by atoms with E-state index in [9.17, 15) is 4.79 Å². The van der Waals surface area contributed by atoms with Crippen molar-refractivity contribution in [1.82, 2.24) is 4.98 Å². The van der Waals surface area contributed by atoms with E-state index >= 15 is 0 Å². The van der Waals surface area contributed by atoms with E-state index in [2.05, 4.69) is 31.5 Å². The van der Waals surface area contributed by atoms with E-state index in [0.29, 0.717) is 17.1 Å². The molecule has 0 radical (unpaired) electrons. The molecule has 1 heterocycles. The maximum absolute atomic E-state index is 12.3. The van der Waals surface area contributed by atoms with Crippen LogP contribution in [0.25, 0.3) is 0 Å². The summed E-state index contributed by atoms with van der Waals surface area (Å²) in [6.07, 6.45) is 1.64. The second kappa shape index (κ2) is 7.27. The van der Waals surface area contributed by atoms with Crippen molar-refractivity contribution in [3.05, 3.63) is 82.5 Å². The maximum Gasteiger partial charge on any atom is 0.255 e. The minimum absolute atomic E-state index is 0.136. The third kappa shape index (κ3) is 4.00. The molecule has 0 spiro atoms. The first-order valence-electron chi connectivity index (χ1n) is 7.47. The molecule has 0 bridgehead atoms. The van der Waals surface area contributed by atoms with Crippen molar-refractivity contribution in [3.63, 3.8) is 0 Å². The van der Waals surface area contributed by atoms with Crippen molar-refractivity contribution >= 4 is 39.0 Å². The topological polar surface area (TPSA) is 54.0 Å². The molecule has 3 rings (SSSR count). The second-order valence-corrected chi connectivity index (χ2v) is 6.25. The fraction of sp³-hybridized carbons (Fsp3) is 0.0526. The molecule has 5 heteroatoms. The molecule has 0 aliphatic rings. The summed E-state index contributed by atoms with van der Waals surface area (Å²) in [5, 5.41) is 6.07. The number of anilines is 3. The largest absolute Gasteiger partial charge is 0.340 e. The van der Waals surface area contributed by atoms with E-state index in [-0.39, 0.29) is 5.91 Å². The van der Waals surface area contributed by atoms with Crippen LogP contribution in [0.2, 0.25) is 0 Å². The summed E-state index contributed by atoms with van der Waals surface area (Å²) in [5.41, 5.74) is 3.21. The smallest absolute Gasteiger partial charge is 0.255 e. The molecule has 0 aliphatic carbocycles. The van der Waals surface area contributed by atoms with Crippen molar-refractivity contribution < 1.29 is 4.79 Å². The number of carbonyl (C=O) groups excluding carboxylic acids is 1. The predicted molar refractivity (Wildman–Crippen MR) is 101 cm³/mol. The first kappa shape index (κ1) is 16.2. The fourth-order valence-corrected chi connectivity index (χ4v) is 2.51. The minimum atomic E-state index is -0.136. The first-order chi connectivity index (χ1) is 11.6. The van der Waals surface area contributed by atoms with Crippen LogP contribution in [0.1, 0.15) is 15.9 Å². The first-order valence-corrected chi connectivity index (χ1v) is 8.27. The van der Waals surface area contributed by atoms with Gasteiger partial charge in [-0.2, -0.15) is 0 Å². The van der Waals surface area contributed by atoms with Gasteiger partial charge in [0.2, 0.25) is 0 Å². The van der Waals surface area contributed by atoms with Crippen LogP contribution >= 0.6 is 15.9 Å². The Morgan fingerprint density at radius 3 is 2.33 bits per heavy atom. The molecule has 0 saturated carbocycles. The Labute approximate surface area is 149 Å². The van der Waals surface area contributed by atoms with Crippen LogP contribution in [0.15, 0.2) is 71.3 Å². The Balaban J connectivity index is 1.67. The lowest BCUT2D eigenvalue weighted by Crippen LogP contribution is -2.13. The summed E-state index contributed by atoms with van der Waals surface area (Å²) in [7, 11) is 0. The molecular formula is C19H16BrN3O. The molecule has 0 aliphatic heterocycles. The standard InChI is InChI=1S/C19H16BrN3O/c1-13-4-2-3-5-17(13)19(24)23-16-10-11-18(21-12-16)22-15-8-6-14(20)7-9-15/h2-12H,1H3,(H,21,22)(H,23,24). The van der Waals surface area contributed by atoms with Gasteiger partial charge in [-0.1, -0.05) is 34.1 Å². The zero-order valence-electron chi connectivity index (χ0n) is 13.1. The Morgan fingerprint density at radius 1 is 0.958 bits per heavy atom. The molecule has 0 atom stereocenters. The lowest BCUT2D eigenvalue weighted by molar-refractivity contribution is 0.102. The van der Waals surface area contributed by atoms with Gasteiger partial charge in [-0.05, 0) is 55.0 Å². The van der Waals surface area contributed by atoms with E-state index < -0.39 is 0 Å². The summed E-state index contributed by atoms with van der Waals surface area (Å²) in [4.78, 5) is 16.6. The zero-order valence-corrected chi connectivity index (χ0v) is 14.7. The lowest BCUT2D eigenvalue weighted by atomic mass is 10.1. The van der Waals surface area contributed by atoms with Crippen LogP contribution in [0.5, 0.6) is 0 Å². The summed E-state index contributed by atoms with van der Waals surface area (Å²) in [6.45, 7) is 1.92. The van der Waals surface area contributed by atoms with E-state index in [0.717, 1.165) is 15.7 Å². The average Bonchev–Trinajstić information content (AvgIpc) is 2.59. The van der Waals surface area contributed by atoms with Crippen LogP contribution in [-0.2, 0) is 0 Å². The second-order valence-electron chi connectivity index (χ2n) is 5.33. The maximum atomic E-state index is 12.3. The third-order valence-corrected chi connectivity index (χ3v) is 4.06. The number of halogens is 1. The third-order valence-electron chi connectivity index (χ3n) is 3.53. The van der Waals surface area contributed by atoms with Gasteiger partial charge in [0.1, 0.15) is 5.82 Å². The summed E-state index contributed by atoms with van der Waals surface area (Å²) >= 11 is 3.40. The number of carbonyl (C=O) groups is 1. The highest BCUT2D eigenvalue weighted by atomic mass is 79.9. The van der Waals surface area contributed by atoms with Crippen LogP contribution < -0.4 is 10.6 Å². The number of benzene rings is 2. The molecule has 24 heavy (non-hydrogen) atoms. The van der Waals surface area contributed by atoms with Crippen molar-refractivity contribution in [2.45, 2.75) is 6.92 Å². The highest BCUT2D eigenvalue weighted by Gasteiger charge is 2.08. The van der Waals surface area contributed by atoms with Crippen LogP contribution in [0.3, 0.4) is 0 Å². The molecule has 1 amide bonds. The monoisotopic (exact) mass is 381 g/mol. The van der Waals surface area contributed by atoms with Crippen molar-refractivity contribution in [1.29, 1.82) is 0 Å². The van der Waals surface area contributed by atoms with Gasteiger partial charge in [-0.25, -0.2) is 4.98 Å². The lowest BCUT2D eigenvalue weighted by Gasteiger charge is -2.09. The normalized spacial score (nSPS) is 10.2. The van der Waals surface area contributed by atoms with Crippen molar-refractivity contribution in [3.8, 4) is 0 Å². The Morgan fingerprint density at radius 2 is 1.67 bits per heavy atom. The van der Waals surface area contributed by atoms with Gasteiger partial charge in [0.15, 0.2) is 0 Å². The van der Waals surface area contributed by atoms with E-state index in [4.69, 9.17) is 0 Å².